The van der Waals surface area contributed by atoms with Crippen molar-refractivity contribution < 1.29 is 14.7 Å². The molecule has 5 N–H and O–H groups in total. The average Bonchev–Trinajstić information content (AvgIpc) is 3.47. The second-order valence-electron chi connectivity index (χ2n) is 8.68. The van der Waals surface area contributed by atoms with Gasteiger partial charge < -0.3 is 21.5 Å². The molecule has 2 aromatic heterocycles. The number of aromatic nitrogens is 3. The molecule has 0 spiro atoms. The van der Waals surface area contributed by atoms with Gasteiger partial charge in [-0.3, -0.25) is 14.3 Å². The Hall–Kier alpha value is -4.02. The lowest BCUT2D eigenvalue weighted by molar-refractivity contribution is -0.115. The number of benzene rings is 2. The molecule has 35 heavy (non-hydrogen) atoms. The average molecular weight is 491 g/mol. The van der Waals surface area contributed by atoms with E-state index in [0.29, 0.717) is 28.6 Å². The fraction of sp³-hybridized carbons (Fsp3) is 0.200. The Morgan fingerprint density at radius 2 is 1.80 bits per heavy atom. The highest BCUT2D eigenvalue weighted by molar-refractivity contribution is 7.14. The SMILES string of the molecule is CC(C)(O)Cn1ccc(-c2cccc(-c3csc(NC(=O)CNC(=O)c4ccc(N)cc4)n3)c2)n1. The van der Waals surface area contributed by atoms with E-state index in [2.05, 4.69) is 20.7 Å². The van der Waals surface area contributed by atoms with Crippen LogP contribution in [0.5, 0.6) is 0 Å². The fourth-order valence-corrected chi connectivity index (χ4v) is 4.10. The molecule has 2 amide bonds. The third kappa shape index (κ3) is 6.52. The van der Waals surface area contributed by atoms with Crippen molar-refractivity contribution in [3.05, 3.63) is 71.7 Å². The Morgan fingerprint density at radius 1 is 1.09 bits per heavy atom. The van der Waals surface area contributed by atoms with E-state index in [1.165, 1.54) is 11.3 Å². The van der Waals surface area contributed by atoms with Crippen molar-refractivity contribution in [2.45, 2.75) is 26.0 Å². The molecule has 0 saturated heterocycles. The first-order valence-corrected chi connectivity index (χ1v) is 11.8. The van der Waals surface area contributed by atoms with Gasteiger partial charge in [0.2, 0.25) is 5.91 Å². The van der Waals surface area contributed by atoms with Crippen LogP contribution in [0.15, 0.2) is 66.2 Å². The Balaban J connectivity index is 1.37. The molecule has 10 heteroatoms. The minimum Gasteiger partial charge on any atom is -0.399 e. The van der Waals surface area contributed by atoms with Crippen molar-refractivity contribution in [2.75, 3.05) is 17.6 Å². The molecular formula is C25H26N6O3S. The summed E-state index contributed by atoms with van der Waals surface area (Å²) < 4.78 is 1.71. The van der Waals surface area contributed by atoms with Gasteiger partial charge in [0.1, 0.15) is 0 Å². The van der Waals surface area contributed by atoms with Crippen molar-refractivity contribution in [1.82, 2.24) is 20.1 Å². The number of thiazole rings is 1. The number of hydrogen-bond donors (Lipinski definition) is 4. The summed E-state index contributed by atoms with van der Waals surface area (Å²) in [5, 5.41) is 22.1. The van der Waals surface area contributed by atoms with Gasteiger partial charge in [-0.25, -0.2) is 4.98 Å². The van der Waals surface area contributed by atoms with Crippen LogP contribution in [0.1, 0.15) is 24.2 Å². The topological polar surface area (TPSA) is 135 Å². The summed E-state index contributed by atoms with van der Waals surface area (Å²) in [4.78, 5) is 28.9. The molecule has 0 saturated carbocycles. The normalized spacial score (nSPS) is 11.3. The number of nitrogens with two attached hydrogens (primary N) is 1. The summed E-state index contributed by atoms with van der Waals surface area (Å²) in [7, 11) is 0. The number of rotatable bonds is 8. The molecule has 0 radical (unpaired) electrons. The van der Waals surface area contributed by atoms with E-state index in [1.54, 1.807) is 42.8 Å². The first-order chi connectivity index (χ1) is 16.7. The minimum absolute atomic E-state index is 0.180. The van der Waals surface area contributed by atoms with E-state index in [9.17, 15) is 14.7 Å². The zero-order valence-electron chi connectivity index (χ0n) is 19.4. The molecule has 2 aromatic carbocycles. The molecule has 4 rings (SSSR count). The summed E-state index contributed by atoms with van der Waals surface area (Å²) in [6.45, 7) is 3.69. The van der Waals surface area contributed by atoms with Crippen molar-refractivity contribution >= 4 is 34.0 Å². The summed E-state index contributed by atoms with van der Waals surface area (Å²) >= 11 is 1.30. The van der Waals surface area contributed by atoms with Crippen molar-refractivity contribution in [3.63, 3.8) is 0 Å². The zero-order valence-corrected chi connectivity index (χ0v) is 20.2. The summed E-state index contributed by atoms with van der Waals surface area (Å²) in [6, 6.07) is 16.1. The van der Waals surface area contributed by atoms with E-state index in [0.717, 1.165) is 16.8 Å². The molecular weight excluding hydrogens is 464 g/mol. The number of nitrogen functional groups attached to an aromatic ring is 1. The van der Waals surface area contributed by atoms with Crippen LogP contribution >= 0.6 is 11.3 Å². The van der Waals surface area contributed by atoms with Crippen LogP contribution in [0.2, 0.25) is 0 Å². The van der Waals surface area contributed by atoms with E-state index >= 15 is 0 Å². The molecule has 180 valence electrons. The molecule has 9 nitrogen and oxygen atoms in total. The Bertz CT molecular complexity index is 1340. The van der Waals surface area contributed by atoms with E-state index < -0.39 is 5.60 Å². The van der Waals surface area contributed by atoms with Gasteiger partial charge in [0.05, 0.1) is 30.1 Å². The lowest BCUT2D eigenvalue weighted by Gasteiger charge is -2.16. The van der Waals surface area contributed by atoms with E-state index in [1.807, 2.05) is 41.9 Å². The summed E-state index contributed by atoms with van der Waals surface area (Å²) in [5.74, 6) is -0.734. The first-order valence-electron chi connectivity index (χ1n) is 10.9. The van der Waals surface area contributed by atoms with Crippen molar-refractivity contribution in [2.24, 2.45) is 0 Å². The monoisotopic (exact) mass is 490 g/mol. The van der Waals surface area contributed by atoms with Gasteiger partial charge in [-0.05, 0) is 50.2 Å². The number of carbonyl (C=O) groups excluding carboxylic acids is 2. The maximum absolute atomic E-state index is 12.3. The lowest BCUT2D eigenvalue weighted by atomic mass is 10.1. The summed E-state index contributed by atoms with van der Waals surface area (Å²) in [5.41, 5.74) is 9.06. The standard InChI is InChI=1S/C25H26N6O3S/c1-25(2,34)15-31-11-10-20(30-31)17-4-3-5-18(12-17)21-14-35-24(28-21)29-22(32)13-27-23(33)16-6-8-19(26)9-7-16/h3-12,14,34H,13,15,26H2,1-2H3,(H,27,33)(H,28,29,32). The van der Waals surface area contributed by atoms with Crippen LogP contribution in [-0.2, 0) is 11.3 Å². The van der Waals surface area contributed by atoms with E-state index in [4.69, 9.17) is 5.73 Å². The van der Waals surface area contributed by atoms with Gasteiger partial charge in [0, 0.05) is 34.0 Å². The number of nitrogens with zero attached hydrogens (tertiary/aromatic N) is 3. The van der Waals surface area contributed by atoms with Crippen LogP contribution in [0.25, 0.3) is 22.5 Å². The molecule has 0 aliphatic rings. The first kappa shape index (κ1) is 24.1. The van der Waals surface area contributed by atoms with Crippen molar-refractivity contribution in [3.8, 4) is 22.5 Å². The summed E-state index contributed by atoms with van der Waals surface area (Å²) in [6.07, 6.45) is 1.84. The largest absolute Gasteiger partial charge is 0.399 e. The van der Waals surface area contributed by atoms with Gasteiger partial charge in [-0.2, -0.15) is 5.10 Å². The Labute approximate surface area is 206 Å². The molecule has 0 aliphatic heterocycles. The van der Waals surface area contributed by atoms with Crippen LogP contribution in [0.3, 0.4) is 0 Å². The Morgan fingerprint density at radius 3 is 2.51 bits per heavy atom. The van der Waals surface area contributed by atoms with Crippen molar-refractivity contribution in [1.29, 1.82) is 0 Å². The number of amides is 2. The van der Waals surface area contributed by atoms with Crippen LogP contribution in [0, 0.1) is 0 Å². The molecule has 2 heterocycles. The molecule has 4 aromatic rings. The van der Waals surface area contributed by atoms with Gasteiger partial charge >= 0.3 is 0 Å². The maximum atomic E-state index is 12.3. The molecule has 0 unspecified atom stereocenters. The number of anilines is 2. The Kier molecular flexibility index (Phi) is 6.94. The van der Waals surface area contributed by atoms with Crippen LogP contribution < -0.4 is 16.4 Å². The number of carbonyl (C=O) groups is 2. The van der Waals surface area contributed by atoms with Crippen LogP contribution in [-0.4, -0.2) is 43.8 Å². The number of hydrogen-bond acceptors (Lipinski definition) is 7. The predicted octanol–water partition coefficient (Wildman–Crippen LogP) is 3.40. The smallest absolute Gasteiger partial charge is 0.251 e. The maximum Gasteiger partial charge on any atom is 0.251 e. The quantitative estimate of drug-likeness (QED) is 0.280. The second-order valence-corrected chi connectivity index (χ2v) is 9.54. The number of nitrogens with one attached hydrogen (secondary N) is 2. The third-order valence-corrected chi connectivity index (χ3v) is 5.73. The third-order valence-electron chi connectivity index (χ3n) is 4.98. The highest BCUT2D eigenvalue weighted by Crippen LogP contribution is 2.28. The van der Waals surface area contributed by atoms with Gasteiger partial charge in [-0.1, -0.05) is 18.2 Å². The molecule has 0 bridgehead atoms. The van der Waals surface area contributed by atoms with Gasteiger partial charge in [0.15, 0.2) is 5.13 Å². The van der Waals surface area contributed by atoms with E-state index in [-0.39, 0.29) is 18.4 Å². The van der Waals surface area contributed by atoms with Gasteiger partial charge in [0.25, 0.3) is 5.91 Å². The highest BCUT2D eigenvalue weighted by Gasteiger charge is 2.15. The highest BCUT2D eigenvalue weighted by atomic mass is 32.1. The lowest BCUT2D eigenvalue weighted by Crippen LogP contribution is -2.32. The fourth-order valence-electron chi connectivity index (χ4n) is 3.36. The molecule has 0 atom stereocenters. The predicted molar refractivity (Wildman–Crippen MR) is 137 cm³/mol. The second kappa shape index (κ2) is 10.1. The van der Waals surface area contributed by atoms with Gasteiger partial charge in [-0.15, -0.1) is 11.3 Å². The number of aliphatic hydroxyl groups is 1. The molecule has 0 aliphatic carbocycles. The molecule has 0 fully saturated rings. The van der Waals surface area contributed by atoms with Crippen LogP contribution in [0.4, 0.5) is 10.8 Å². The zero-order chi connectivity index (χ0) is 25.0. The minimum atomic E-state index is -0.856.